The predicted octanol–water partition coefficient (Wildman–Crippen LogP) is 7.19. The zero-order chi connectivity index (χ0) is 28.2. The molecule has 0 atom stereocenters. The zero-order valence-electron chi connectivity index (χ0n) is 23.7. The SMILES string of the molecule is CCOc1cc(C2C3=C(CCCC3=O)N(CCCOC)C3=C2C(=O)CCC3)cc(Br)c1OCc1cccc(C)c1. The number of allylic oxidation sites excluding steroid dienone is 4. The maximum Gasteiger partial charge on any atom is 0.175 e. The van der Waals surface area contributed by atoms with Gasteiger partial charge in [0, 0.05) is 61.6 Å². The molecule has 0 saturated heterocycles. The molecule has 3 aliphatic rings. The van der Waals surface area contributed by atoms with Gasteiger partial charge in [-0.25, -0.2) is 0 Å². The molecule has 6 nitrogen and oxygen atoms in total. The van der Waals surface area contributed by atoms with E-state index < -0.39 is 5.92 Å². The van der Waals surface area contributed by atoms with Crippen LogP contribution in [0.25, 0.3) is 0 Å². The molecule has 2 aromatic carbocycles. The smallest absolute Gasteiger partial charge is 0.175 e. The summed E-state index contributed by atoms with van der Waals surface area (Å²) in [5, 5.41) is 0. The van der Waals surface area contributed by atoms with Crippen LogP contribution in [0.5, 0.6) is 11.5 Å². The van der Waals surface area contributed by atoms with Crippen molar-refractivity contribution in [1.29, 1.82) is 0 Å². The van der Waals surface area contributed by atoms with Crippen LogP contribution in [0.15, 0.2) is 63.4 Å². The average molecular weight is 609 g/mol. The van der Waals surface area contributed by atoms with Gasteiger partial charge in [0.2, 0.25) is 0 Å². The lowest BCUT2D eigenvalue weighted by Crippen LogP contribution is -2.39. The quantitative estimate of drug-likeness (QED) is 0.266. The second kappa shape index (κ2) is 12.7. The minimum atomic E-state index is -0.398. The molecule has 0 amide bonds. The molecule has 2 aromatic rings. The van der Waals surface area contributed by atoms with Crippen LogP contribution in [-0.4, -0.2) is 43.3 Å². The Kier molecular flexibility index (Phi) is 9.11. The Balaban J connectivity index is 1.59. The lowest BCUT2D eigenvalue weighted by Gasteiger charge is -2.44. The third-order valence-electron chi connectivity index (χ3n) is 7.95. The molecular weight excluding hydrogens is 570 g/mol. The van der Waals surface area contributed by atoms with Crippen LogP contribution in [-0.2, 0) is 20.9 Å². The van der Waals surface area contributed by atoms with Crippen LogP contribution in [0.4, 0.5) is 0 Å². The van der Waals surface area contributed by atoms with Gasteiger partial charge in [-0.05, 0) is 85.1 Å². The van der Waals surface area contributed by atoms with Gasteiger partial charge < -0.3 is 19.1 Å². The van der Waals surface area contributed by atoms with Crippen LogP contribution in [0.3, 0.4) is 0 Å². The van der Waals surface area contributed by atoms with E-state index in [1.165, 1.54) is 5.56 Å². The fourth-order valence-corrected chi connectivity index (χ4v) is 6.88. The summed E-state index contributed by atoms with van der Waals surface area (Å²) in [5.41, 5.74) is 6.86. The molecule has 0 saturated carbocycles. The van der Waals surface area contributed by atoms with Crippen molar-refractivity contribution in [2.24, 2.45) is 0 Å². The zero-order valence-corrected chi connectivity index (χ0v) is 25.3. The number of halogens is 1. The molecule has 1 heterocycles. The predicted molar refractivity (Wildman–Crippen MR) is 159 cm³/mol. The van der Waals surface area contributed by atoms with Crippen molar-refractivity contribution in [2.45, 2.75) is 71.3 Å². The number of hydrogen-bond acceptors (Lipinski definition) is 6. The van der Waals surface area contributed by atoms with Gasteiger partial charge in [-0.15, -0.1) is 0 Å². The lowest BCUT2D eigenvalue weighted by molar-refractivity contribution is -0.117. The molecule has 5 rings (SSSR count). The van der Waals surface area contributed by atoms with Gasteiger partial charge in [0.25, 0.3) is 0 Å². The molecule has 212 valence electrons. The minimum absolute atomic E-state index is 0.141. The number of carbonyl (C=O) groups is 2. The maximum atomic E-state index is 13.6. The average Bonchev–Trinajstić information content (AvgIpc) is 2.93. The fourth-order valence-electron chi connectivity index (χ4n) is 6.30. The van der Waals surface area contributed by atoms with Gasteiger partial charge >= 0.3 is 0 Å². The first-order chi connectivity index (χ1) is 19.4. The third kappa shape index (κ3) is 5.77. The van der Waals surface area contributed by atoms with Gasteiger partial charge in [-0.3, -0.25) is 9.59 Å². The molecule has 0 N–H and O–H groups in total. The second-order valence-electron chi connectivity index (χ2n) is 10.7. The number of aryl methyl sites for hydroxylation is 1. The molecule has 0 unspecified atom stereocenters. The van der Waals surface area contributed by atoms with Crippen molar-refractivity contribution in [3.63, 3.8) is 0 Å². The molecule has 0 radical (unpaired) electrons. The van der Waals surface area contributed by atoms with Crippen molar-refractivity contribution in [2.75, 3.05) is 26.9 Å². The van der Waals surface area contributed by atoms with E-state index in [2.05, 4.69) is 39.9 Å². The number of ketones is 2. The molecule has 7 heteroatoms. The monoisotopic (exact) mass is 607 g/mol. The summed E-state index contributed by atoms with van der Waals surface area (Å²) < 4.78 is 18.5. The van der Waals surface area contributed by atoms with Crippen LogP contribution in [0.1, 0.15) is 74.5 Å². The van der Waals surface area contributed by atoms with Gasteiger partial charge in [0.05, 0.1) is 11.1 Å². The third-order valence-corrected chi connectivity index (χ3v) is 8.54. The number of hydrogen-bond donors (Lipinski definition) is 0. The highest BCUT2D eigenvalue weighted by Crippen LogP contribution is 2.51. The molecule has 0 fully saturated rings. The van der Waals surface area contributed by atoms with E-state index in [-0.39, 0.29) is 11.6 Å². The van der Waals surface area contributed by atoms with Crippen molar-refractivity contribution < 1.29 is 23.8 Å². The van der Waals surface area contributed by atoms with Crippen LogP contribution >= 0.6 is 15.9 Å². The molecule has 0 bridgehead atoms. The highest BCUT2D eigenvalue weighted by atomic mass is 79.9. The summed E-state index contributed by atoms with van der Waals surface area (Å²) in [7, 11) is 1.71. The highest BCUT2D eigenvalue weighted by Gasteiger charge is 2.43. The number of rotatable bonds is 10. The van der Waals surface area contributed by atoms with E-state index in [0.29, 0.717) is 44.2 Å². The first kappa shape index (κ1) is 28.6. The Hall–Kier alpha value is -2.90. The molecule has 1 aliphatic heterocycles. The van der Waals surface area contributed by atoms with E-state index in [9.17, 15) is 9.59 Å². The standard InChI is InChI=1S/C33H38BrNO5/c1-4-39-29-19-23(18-24(34)33(29)40-20-22-10-5-9-21(2)17-22)30-31-25(11-6-13-27(31)36)35(15-8-16-38-3)26-12-7-14-28(37)32(26)30/h5,9-10,17-19,30H,4,6-8,11-16,20H2,1-3H3. The topological polar surface area (TPSA) is 65.1 Å². The first-order valence-corrected chi connectivity index (χ1v) is 15.2. The molecular formula is C33H38BrNO5. The van der Waals surface area contributed by atoms with Crippen molar-refractivity contribution in [3.05, 3.63) is 80.1 Å². The van der Waals surface area contributed by atoms with Gasteiger partial charge in [-0.1, -0.05) is 29.8 Å². The summed E-state index contributed by atoms with van der Waals surface area (Å²) >= 11 is 3.75. The van der Waals surface area contributed by atoms with E-state index in [0.717, 1.165) is 76.8 Å². The van der Waals surface area contributed by atoms with Crippen LogP contribution in [0, 0.1) is 6.92 Å². The number of ether oxygens (including phenoxy) is 3. The second-order valence-corrected chi connectivity index (χ2v) is 11.6. The summed E-state index contributed by atoms with van der Waals surface area (Å²) in [6, 6.07) is 12.2. The van der Waals surface area contributed by atoms with Crippen molar-refractivity contribution in [1.82, 2.24) is 4.90 Å². The number of nitrogens with zero attached hydrogens (tertiary/aromatic N) is 1. The molecule has 40 heavy (non-hydrogen) atoms. The number of Topliss-reactive ketones (excluding diaryl/α,β-unsaturated/α-hetero) is 2. The molecule has 0 spiro atoms. The Morgan fingerprint density at radius 2 is 1.65 bits per heavy atom. The first-order valence-electron chi connectivity index (χ1n) is 14.4. The normalized spacial score (nSPS) is 17.8. The van der Waals surface area contributed by atoms with Gasteiger partial charge in [0.1, 0.15) is 6.61 Å². The van der Waals surface area contributed by atoms with Crippen molar-refractivity contribution >= 4 is 27.5 Å². The highest BCUT2D eigenvalue weighted by molar-refractivity contribution is 9.10. The Labute approximate surface area is 245 Å². The Morgan fingerprint density at radius 1 is 0.950 bits per heavy atom. The largest absolute Gasteiger partial charge is 0.490 e. The Morgan fingerprint density at radius 3 is 2.27 bits per heavy atom. The van der Waals surface area contributed by atoms with E-state index in [1.807, 2.05) is 31.2 Å². The Bertz CT molecular complexity index is 1320. The lowest BCUT2D eigenvalue weighted by atomic mass is 9.71. The number of benzene rings is 2. The van der Waals surface area contributed by atoms with Crippen LogP contribution in [0.2, 0.25) is 0 Å². The van der Waals surface area contributed by atoms with E-state index in [4.69, 9.17) is 14.2 Å². The summed E-state index contributed by atoms with van der Waals surface area (Å²) in [6.07, 6.45) is 5.21. The maximum absolute atomic E-state index is 13.6. The van der Waals surface area contributed by atoms with E-state index >= 15 is 0 Å². The van der Waals surface area contributed by atoms with Gasteiger partial charge in [-0.2, -0.15) is 0 Å². The summed E-state index contributed by atoms with van der Waals surface area (Å²) in [4.78, 5) is 29.5. The van der Waals surface area contributed by atoms with Crippen molar-refractivity contribution in [3.8, 4) is 11.5 Å². The minimum Gasteiger partial charge on any atom is -0.490 e. The van der Waals surface area contributed by atoms with Gasteiger partial charge in [0.15, 0.2) is 23.1 Å². The number of methoxy groups -OCH3 is 1. The fraction of sp³-hybridized carbons (Fsp3) is 0.455. The summed E-state index contributed by atoms with van der Waals surface area (Å²) in [5.74, 6) is 1.12. The number of carbonyl (C=O) groups excluding carboxylic acids is 2. The molecule has 0 aromatic heterocycles. The van der Waals surface area contributed by atoms with E-state index in [1.54, 1.807) is 7.11 Å². The van der Waals surface area contributed by atoms with Crippen LogP contribution < -0.4 is 9.47 Å². The summed E-state index contributed by atoms with van der Waals surface area (Å²) in [6.45, 7) is 6.27. The molecule has 2 aliphatic carbocycles.